The first kappa shape index (κ1) is 44.1. The van der Waals surface area contributed by atoms with Crippen LogP contribution in [0.3, 0.4) is 0 Å². The predicted molar refractivity (Wildman–Crippen MR) is 191 cm³/mol. The molecule has 0 aliphatic rings. The third kappa shape index (κ3) is 15.2. The van der Waals surface area contributed by atoms with E-state index in [1.807, 2.05) is 125 Å². The molecule has 256 valence electrons. The van der Waals surface area contributed by atoms with Gasteiger partial charge in [-0.2, -0.15) is 0 Å². The van der Waals surface area contributed by atoms with Gasteiger partial charge < -0.3 is 19.3 Å². The summed E-state index contributed by atoms with van der Waals surface area (Å²) in [6, 6.07) is 7.59. The van der Waals surface area contributed by atoms with Crippen LogP contribution < -0.4 is 9.47 Å². The first-order valence-corrected chi connectivity index (χ1v) is 16.8. The van der Waals surface area contributed by atoms with Crippen molar-refractivity contribution in [1.82, 2.24) is 15.0 Å². The van der Waals surface area contributed by atoms with Crippen molar-refractivity contribution in [3.63, 3.8) is 0 Å². The molecule has 0 fully saturated rings. The van der Waals surface area contributed by atoms with Gasteiger partial charge in [0.05, 0.1) is 30.2 Å². The number of aryl methyl sites for hydroxylation is 4. The van der Waals surface area contributed by atoms with Crippen molar-refractivity contribution in [1.29, 1.82) is 0 Å². The zero-order chi connectivity index (χ0) is 35.3. The smallest absolute Gasteiger partial charge is 0.307 e. The zero-order valence-electron chi connectivity index (χ0n) is 30.7. The molecule has 0 radical (unpaired) electrons. The highest BCUT2D eigenvalue weighted by molar-refractivity contribution is 7.80. The summed E-state index contributed by atoms with van der Waals surface area (Å²) in [7, 11) is 0. The molecule has 3 rings (SSSR count). The van der Waals surface area contributed by atoms with E-state index in [0.29, 0.717) is 19.0 Å². The van der Waals surface area contributed by atoms with Gasteiger partial charge in [0, 0.05) is 0 Å². The molecule has 1 aromatic heterocycles. The van der Waals surface area contributed by atoms with E-state index in [-0.39, 0.29) is 17.4 Å². The maximum Gasteiger partial charge on any atom is 0.307 e. The molecule has 0 aliphatic carbocycles. The number of rotatable bonds is 12. The van der Waals surface area contributed by atoms with Crippen LogP contribution in [-0.4, -0.2) is 38.1 Å². The molecule has 0 amide bonds. The molecule has 0 aliphatic heterocycles. The highest BCUT2D eigenvalue weighted by Gasteiger charge is 2.22. The van der Waals surface area contributed by atoms with E-state index in [2.05, 4.69) is 36.8 Å². The minimum absolute atomic E-state index is 0.0127. The fraction of sp³-hybridized carbons (Fsp3) is 0.583. The van der Waals surface area contributed by atoms with E-state index in [1.165, 1.54) is 0 Å². The van der Waals surface area contributed by atoms with E-state index in [9.17, 15) is 4.79 Å². The van der Waals surface area contributed by atoms with Crippen LogP contribution in [0.15, 0.2) is 30.5 Å². The molecule has 1 N–H and O–H groups in total. The van der Waals surface area contributed by atoms with E-state index >= 15 is 0 Å². The number of carbonyl (C=O) groups is 1. The van der Waals surface area contributed by atoms with Gasteiger partial charge in [-0.1, -0.05) is 72.7 Å². The van der Waals surface area contributed by atoms with Crippen LogP contribution >= 0.6 is 12.6 Å². The summed E-state index contributed by atoms with van der Waals surface area (Å²) >= 11 is 4.25. The van der Waals surface area contributed by atoms with Gasteiger partial charge in [-0.25, -0.2) is 4.68 Å². The first-order chi connectivity index (χ1) is 21.4. The number of benzene rings is 2. The maximum absolute atomic E-state index is 11.1. The highest BCUT2D eigenvalue weighted by atomic mass is 32.1. The van der Waals surface area contributed by atoms with E-state index in [1.54, 1.807) is 0 Å². The summed E-state index contributed by atoms with van der Waals surface area (Å²) < 4.78 is 19.8. The Balaban J connectivity index is 0. The average molecular weight is 648 g/mol. The van der Waals surface area contributed by atoms with Gasteiger partial charge in [-0.05, 0) is 94.8 Å². The Morgan fingerprint density at radius 1 is 0.889 bits per heavy atom. The van der Waals surface area contributed by atoms with Crippen LogP contribution in [0.4, 0.5) is 0 Å². The van der Waals surface area contributed by atoms with Gasteiger partial charge in [0.25, 0.3) is 0 Å². The molecule has 8 nitrogen and oxygen atoms in total. The van der Waals surface area contributed by atoms with Gasteiger partial charge >= 0.3 is 5.97 Å². The Hall–Kier alpha value is -3.04. The van der Waals surface area contributed by atoms with E-state index in [4.69, 9.17) is 19.3 Å². The van der Waals surface area contributed by atoms with Crippen molar-refractivity contribution in [2.75, 3.05) is 6.61 Å². The Kier molecular flexibility index (Phi) is 22.8. The molecular formula is C36H61N3O5S. The Bertz CT molecular complexity index is 1210. The third-order valence-corrected chi connectivity index (χ3v) is 6.28. The van der Waals surface area contributed by atoms with Gasteiger partial charge in [0.2, 0.25) is 0 Å². The van der Waals surface area contributed by atoms with Crippen LogP contribution in [-0.2, 0) is 28.1 Å². The molecule has 0 saturated heterocycles. The third-order valence-electron chi connectivity index (χ3n) is 6.13. The molecule has 0 spiro atoms. The number of hydrogen-bond donors (Lipinski definition) is 2. The second-order valence-corrected chi connectivity index (χ2v) is 10.8. The van der Waals surface area contributed by atoms with Gasteiger partial charge in [-0.3, -0.25) is 4.79 Å². The normalized spacial score (nSPS) is 10.8. The molecule has 45 heavy (non-hydrogen) atoms. The molecule has 1 heterocycles. The molecule has 1 unspecified atom stereocenters. The van der Waals surface area contributed by atoms with Crippen LogP contribution in [0.2, 0.25) is 0 Å². The highest BCUT2D eigenvalue weighted by Crippen LogP contribution is 2.35. The molecule has 9 heteroatoms. The molecular weight excluding hydrogens is 586 g/mol. The summed E-state index contributed by atoms with van der Waals surface area (Å²) in [5.41, 5.74) is 4.82. The van der Waals surface area contributed by atoms with Crippen molar-refractivity contribution >= 4 is 18.6 Å². The second-order valence-electron chi connectivity index (χ2n) is 10.1. The lowest BCUT2D eigenvalue weighted by atomic mass is 10.0. The monoisotopic (exact) mass is 647 g/mol. The number of nitrogens with zero attached hydrogens (tertiary/aromatic N) is 3. The van der Waals surface area contributed by atoms with Crippen LogP contribution in [0.25, 0.3) is 0 Å². The number of carboxylic acid groups (broad SMARTS) is 1. The van der Waals surface area contributed by atoms with Crippen molar-refractivity contribution in [2.45, 2.75) is 134 Å². The lowest BCUT2D eigenvalue weighted by molar-refractivity contribution is -0.136. The zero-order valence-corrected chi connectivity index (χ0v) is 31.6. The minimum Gasteiger partial charge on any atom is -0.487 e. The number of aliphatic carboxylic acids is 1. The summed E-state index contributed by atoms with van der Waals surface area (Å²) in [6.45, 7) is 30.8. The van der Waals surface area contributed by atoms with E-state index in [0.717, 1.165) is 51.4 Å². The second kappa shape index (κ2) is 23.3. The SMILES string of the molecule is CC.CC.CC.CC.Cc1cc(Oc2c(C)cc(CC(=O)O)cc2C)cc(C)c1OCc1cn(C(C)(C)CCOC(C)S)nn1. The van der Waals surface area contributed by atoms with Gasteiger partial charge in [-0.15, -0.1) is 17.7 Å². The van der Waals surface area contributed by atoms with Gasteiger partial charge in [0.15, 0.2) is 0 Å². The average Bonchev–Trinajstić information content (AvgIpc) is 3.48. The Labute approximate surface area is 279 Å². The van der Waals surface area contributed by atoms with Gasteiger partial charge in [0.1, 0.15) is 29.5 Å². The fourth-order valence-electron chi connectivity index (χ4n) is 4.19. The molecule has 0 saturated carbocycles. The number of thiol groups is 1. The van der Waals surface area contributed by atoms with Crippen LogP contribution in [0.1, 0.15) is 116 Å². The first-order valence-electron chi connectivity index (χ1n) is 16.3. The summed E-state index contributed by atoms with van der Waals surface area (Å²) in [6.07, 6.45) is 2.68. The topological polar surface area (TPSA) is 95.7 Å². The van der Waals surface area contributed by atoms with Crippen LogP contribution in [0.5, 0.6) is 17.2 Å². The standard InChI is InChI=1S/C28H37N3O5S.4C2H6/c1-17-10-22(14-25(32)33)11-18(2)27(17)36-24-12-19(3)26(20(4)13-24)35-16-23-15-31(30-29-23)28(6,7)8-9-34-21(5)37;4*1-2/h10-13,15,21,37H,8-9,14,16H2,1-7H3,(H,32,33);4*1-2H3. The van der Waals surface area contributed by atoms with Crippen molar-refractivity contribution in [3.05, 3.63) is 64.0 Å². The fourth-order valence-corrected chi connectivity index (χ4v) is 4.30. The molecule has 1 atom stereocenters. The van der Waals surface area contributed by atoms with Crippen LogP contribution in [0, 0.1) is 27.7 Å². The minimum atomic E-state index is -0.853. The number of carboxylic acids is 1. The Morgan fingerprint density at radius 2 is 1.38 bits per heavy atom. The summed E-state index contributed by atoms with van der Waals surface area (Å²) in [5, 5.41) is 17.7. The summed E-state index contributed by atoms with van der Waals surface area (Å²) in [5.74, 6) is 1.36. The largest absolute Gasteiger partial charge is 0.487 e. The summed E-state index contributed by atoms with van der Waals surface area (Å²) in [4.78, 5) is 11.1. The quantitative estimate of drug-likeness (QED) is 0.149. The number of ether oxygens (including phenoxy) is 3. The lowest BCUT2D eigenvalue weighted by Crippen LogP contribution is -2.29. The lowest BCUT2D eigenvalue weighted by Gasteiger charge is -2.24. The number of aromatic nitrogens is 3. The molecule has 0 bridgehead atoms. The van der Waals surface area contributed by atoms with E-state index < -0.39 is 5.97 Å². The molecule has 3 aromatic rings. The number of hydrogen-bond acceptors (Lipinski definition) is 7. The van der Waals surface area contributed by atoms with Crippen molar-refractivity contribution in [2.24, 2.45) is 0 Å². The van der Waals surface area contributed by atoms with Crippen molar-refractivity contribution in [3.8, 4) is 17.2 Å². The predicted octanol–water partition coefficient (Wildman–Crippen LogP) is 10.0. The molecule has 2 aromatic carbocycles. The maximum atomic E-state index is 11.1. The Morgan fingerprint density at radius 3 is 1.84 bits per heavy atom. The van der Waals surface area contributed by atoms with Crippen molar-refractivity contribution < 1.29 is 24.1 Å².